The number of hydrogen-bond acceptors (Lipinski definition) is 2. The fourth-order valence-electron chi connectivity index (χ4n) is 0.583. The molecule has 0 atom stereocenters. The van der Waals surface area contributed by atoms with E-state index in [0.717, 1.165) is 12.3 Å². The third-order valence-corrected chi connectivity index (χ3v) is 1.49. The Kier molecular flexibility index (Phi) is 3.05. The monoisotopic (exact) mass is 213 g/mol. The highest BCUT2D eigenvalue weighted by molar-refractivity contribution is 6.33. The average molecular weight is 214 g/mol. The molecule has 0 spiro atoms. The van der Waals surface area contributed by atoms with E-state index in [1.807, 2.05) is 0 Å². The van der Waals surface area contributed by atoms with Crippen LogP contribution in [0, 0.1) is 0 Å². The average Bonchev–Trinajstić information content (AvgIpc) is 1.96. The van der Waals surface area contributed by atoms with Gasteiger partial charge in [0.25, 0.3) is 0 Å². The summed E-state index contributed by atoms with van der Waals surface area (Å²) in [5.74, 6) is -0.174. The first kappa shape index (κ1) is 9.48. The first-order valence-electron chi connectivity index (χ1n) is 2.85. The van der Waals surface area contributed by atoms with Crippen LogP contribution in [0.5, 0.6) is 5.75 Å². The smallest absolute Gasteiger partial charge is 0.387 e. The Balaban J connectivity index is 2.90. The highest BCUT2D eigenvalue weighted by atomic mass is 35.5. The van der Waals surface area contributed by atoms with Crippen LogP contribution in [0.2, 0.25) is 10.2 Å². The largest absolute Gasteiger partial charge is 0.433 e. The van der Waals surface area contributed by atoms with Gasteiger partial charge < -0.3 is 4.74 Å². The fraction of sp³-hybridized carbons (Fsp3) is 0.167. The van der Waals surface area contributed by atoms with E-state index in [1.165, 1.54) is 0 Å². The molecular formula is C6H3Cl2F2NO. The van der Waals surface area contributed by atoms with E-state index in [9.17, 15) is 8.78 Å². The number of alkyl halides is 2. The molecule has 0 amide bonds. The van der Waals surface area contributed by atoms with Gasteiger partial charge in [0.1, 0.15) is 15.9 Å². The molecule has 0 aliphatic carbocycles. The zero-order chi connectivity index (χ0) is 9.14. The van der Waals surface area contributed by atoms with Crippen molar-refractivity contribution >= 4 is 23.2 Å². The summed E-state index contributed by atoms with van der Waals surface area (Å²) in [5, 5.41) is 0.0507. The molecule has 0 N–H and O–H groups in total. The maximum Gasteiger partial charge on any atom is 0.387 e. The molecule has 0 unspecified atom stereocenters. The van der Waals surface area contributed by atoms with Gasteiger partial charge in [0.15, 0.2) is 0 Å². The Morgan fingerprint density at radius 2 is 2.08 bits per heavy atom. The van der Waals surface area contributed by atoms with Crippen molar-refractivity contribution in [3.8, 4) is 5.75 Å². The van der Waals surface area contributed by atoms with Gasteiger partial charge in [-0.2, -0.15) is 8.78 Å². The van der Waals surface area contributed by atoms with Crippen LogP contribution in [0.15, 0.2) is 12.3 Å². The lowest BCUT2D eigenvalue weighted by Gasteiger charge is -2.05. The van der Waals surface area contributed by atoms with Gasteiger partial charge in [0.05, 0.1) is 6.20 Å². The van der Waals surface area contributed by atoms with Crippen LogP contribution >= 0.6 is 23.2 Å². The molecule has 0 aromatic carbocycles. The van der Waals surface area contributed by atoms with E-state index in [0.29, 0.717) is 0 Å². The summed E-state index contributed by atoms with van der Waals surface area (Å²) >= 11 is 10.9. The molecule has 2 nitrogen and oxygen atoms in total. The number of aromatic nitrogens is 1. The normalized spacial score (nSPS) is 10.4. The van der Waals surface area contributed by atoms with Crippen LogP contribution in [0.3, 0.4) is 0 Å². The number of ether oxygens (including phenoxy) is 1. The minimum atomic E-state index is -2.92. The van der Waals surface area contributed by atoms with Crippen molar-refractivity contribution in [2.24, 2.45) is 0 Å². The second-order valence-corrected chi connectivity index (χ2v) is 2.61. The third-order valence-electron chi connectivity index (χ3n) is 1.00. The predicted molar refractivity (Wildman–Crippen MR) is 40.9 cm³/mol. The highest BCUT2D eigenvalue weighted by Gasteiger charge is 2.08. The van der Waals surface area contributed by atoms with Gasteiger partial charge in [0.2, 0.25) is 0 Å². The maximum atomic E-state index is 11.7. The fourth-order valence-corrected chi connectivity index (χ4v) is 0.878. The Bertz CT molecular complexity index is 282. The van der Waals surface area contributed by atoms with Gasteiger partial charge in [-0.3, -0.25) is 0 Å². The molecule has 1 heterocycles. The van der Waals surface area contributed by atoms with Gasteiger partial charge in [-0.25, -0.2) is 4.98 Å². The molecule has 1 aromatic heterocycles. The van der Waals surface area contributed by atoms with Crippen molar-refractivity contribution in [2.75, 3.05) is 0 Å². The highest BCUT2D eigenvalue weighted by Crippen LogP contribution is 2.26. The SMILES string of the molecule is FC(F)Oc1cc(Cl)ncc1Cl. The number of nitrogens with zero attached hydrogens (tertiary/aromatic N) is 1. The van der Waals surface area contributed by atoms with Gasteiger partial charge in [-0.15, -0.1) is 0 Å². The topological polar surface area (TPSA) is 22.1 Å². The molecule has 6 heteroatoms. The first-order chi connectivity index (χ1) is 5.59. The Hall–Kier alpha value is -0.610. The molecule has 0 aliphatic rings. The van der Waals surface area contributed by atoms with Gasteiger partial charge in [-0.1, -0.05) is 23.2 Å². The predicted octanol–water partition coefficient (Wildman–Crippen LogP) is 2.99. The molecule has 0 saturated heterocycles. The first-order valence-corrected chi connectivity index (χ1v) is 3.61. The van der Waals surface area contributed by atoms with Crippen LogP contribution < -0.4 is 4.74 Å². The van der Waals surface area contributed by atoms with E-state index in [4.69, 9.17) is 23.2 Å². The zero-order valence-electron chi connectivity index (χ0n) is 5.60. The summed E-state index contributed by atoms with van der Waals surface area (Å²) in [7, 11) is 0. The van der Waals surface area contributed by atoms with Gasteiger partial charge in [-0.05, 0) is 0 Å². The summed E-state index contributed by atoms with van der Waals surface area (Å²) < 4.78 is 27.4. The Morgan fingerprint density at radius 1 is 1.42 bits per heavy atom. The number of pyridine rings is 1. The molecule has 66 valence electrons. The molecule has 0 bridgehead atoms. The quantitative estimate of drug-likeness (QED) is 0.706. The summed E-state index contributed by atoms with van der Waals surface area (Å²) in [4.78, 5) is 3.56. The second-order valence-electron chi connectivity index (χ2n) is 1.82. The number of rotatable bonds is 2. The number of halogens is 4. The van der Waals surface area contributed by atoms with Crippen molar-refractivity contribution in [2.45, 2.75) is 6.61 Å². The van der Waals surface area contributed by atoms with Crippen molar-refractivity contribution < 1.29 is 13.5 Å². The number of hydrogen-bond donors (Lipinski definition) is 0. The van der Waals surface area contributed by atoms with Crippen LogP contribution in [-0.4, -0.2) is 11.6 Å². The molecule has 1 rings (SSSR count). The maximum absolute atomic E-state index is 11.7. The molecule has 12 heavy (non-hydrogen) atoms. The van der Waals surface area contributed by atoms with Gasteiger partial charge in [0, 0.05) is 6.07 Å². The van der Waals surface area contributed by atoms with E-state index in [-0.39, 0.29) is 15.9 Å². The molecule has 0 saturated carbocycles. The lowest BCUT2D eigenvalue weighted by molar-refractivity contribution is -0.0498. The van der Waals surface area contributed by atoms with E-state index >= 15 is 0 Å². The summed E-state index contributed by atoms with van der Waals surface area (Å²) in [6.07, 6.45) is 1.14. The molecular weight excluding hydrogens is 211 g/mol. The second kappa shape index (κ2) is 3.87. The van der Waals surface area contributed by atoms with Crippen LogP contribution in [0.4, 0.5) is 8.78 Å². The molecule has 1 aromatic rings. The summed E-state index contributed by atoms with van der Waals surface area (Å²) in [6, 6.07) is 1.12. The molecule has 0 fully saturated rings. The van der Waals surface area contributed by atoms with Crippen molar-refractivity contribution in [1.82, 2.24) is 4.98 Å². The van der Waals surface area contributed by atoms with Crippen molar-refractivity contribution in [3.05, 3.63) is 22.4 Å². The summed E-state index contributed by atoms with van der Waals surface area (Å²) in [6.45, 7) is -2.92. The van der Waals surface area contributed by atoms with E-state index < -0.39 is 6.61 Å². The molecule has 0 aliphatic heterocycles. The van der Waals surface area contributed by atoms with Gasteiger partial charge >= 0.3 is 6.61 Å². The van der Waals surface area contributed by atoms with Crippen LogP contribution in [0.1, 0.15) is 0 Å². The molecule has 0 radical (unpaired) electrons. The minimum Gasteiger partial charge on any atom is -0.433 e. The van der Waals surface area contributed by atoms with Crippen molar-refractivity contribution in [1.29, 1.82) is 0 Å². The third kappa shape index (κ3) is 2.46. The van der Waals surface area contributed by atoms with Crippen LogP contribution in [0.25, 0.3) is 0 Å². The Labute approximate surface area is 77.1 Å². The zero-order valence-corrected chi connectivity index (χ0v) is 7.11. The lowest BCUT2D eigenvalue weighted by Crippen LogP contribution is -2.02. The van der Waals surface area contributed by atoms with E-state index in [1.54, 1.807) is 0 Å². The van der Waals surface area contributed by atoms with Crippen molar-refractivity contribution in [3.63, 3.8) is 0 Å². The Morgan fingerprint density at radius 3 is 2.67 bits per heavy atom. The minimum absolute atomic E-state index is 0.000278. The van der Waals surface area contributed by atoms with Crippen LogP contribution in [-0.2, 0) is 0 Å². The summed E-state index contributed by atoms with van der Waals surface area (Å²) in [5.41, 5.74) is 0. The standard InChI is InChI=1S/C6H3Cl2F2NO/c7-3-2-11-5(8)1-4(3)12-6(9)10/h1-2,6H. The lowest BCUT2D eigenvalue weighted by atomic mass is 10.4. The van der Waals surface area contributed by atoms with E-state index in [2.05, 4.69) is 9.72 Å².